The topological polar surface area (TPSA) is 99.2 Å². The van der Waals surface area contributed by atoms with Crippen molar-refractivity contribution in [3.05, 3.63) is 24.3 Å². The van der Waals surface area contributed by atoms with Gasteiger partial charge in [0.05, 0.1) is 17.4 Å². The van der Waals surface area contributed by atoms with Gasteiger partial charge >= 0.3 is 0 Å². The quantitative estimate of drug-likeness (QED) is 0.869. The highest BCUT2D eigenvalue weighted by molar-refractivity contribution is 5.95. The number of carbonyl (C=O) groups excluding carboxylic acids is 2. The molecule has 1 aromatic rings. The van der Waals surface area contributed by atoms with Gasteiger partial charge in [-0.25, -0.2) is 0 Å². The van der Waals surface area contributed by atoms with Crippen LogP contribution in [-0.2, 0) is 9.59 Å². The predicted octanol–water partition coefficient (Wildman–Crippen LogP) is 1.24. The molecule has 2 rings (SSSR count). The molecule has 1 saturated heterocycles. The maximum absolute atomic E-state index is 11.6. The van der Waals surface area contributed by atoms with E-state index in [4.69, 9.17) is 11.0 Å². The summed E-state index contributed by atoms with van der Waals surface area (Å²) in [5.41, 5.74) is 6.93. The van der Waals surface area contributed by atoms with Crippen molar-refractivity contribution in [2.24, 2.45) is 11.7 Å². The molecule has 0 bridgehead atoms. The number of carbonyl (C=O) groups is 2. The molecule has 1 aromatic carbocycles. The van der Waals surface area contributed by atoms with Gasteiger partial charge in [-0.2, -0.15) is 5.26 Å². The second-order valence-electron chi connectivity index (χ2n) is 5.06. The molecule has 0 unspecified atom stereocenters. The summed E-state index contributed by atoms with van der Waals surface area (Å²) in [7, 11) is 0. The molecule has 0 aliphatic carbocycles. The van der Waals surface area contributed by atoms with Crippen molar-refractivity contribution in [2.75, 3.05) is 23.3 Å². The zero-order valence-corrected chi connectivity index (χ0v) is 11.7. The van der Waals surface area contributed by atoms with Crippen LogP contribution in [0.5, 0.6) is 0 Å². The molecule has 6 nitrogen and oxygen atoms in total. The normalized spacial score (nSPS) is 15.3. The Morgan fingerprint density at radius 3 is 2.62 bits per heavy atom. The number of anilines is 2. The van der Waals surface area contributed by atoms with E-state index in [-0.39, 0.29) is 24.2 Å². The third-order valence-corrected chi connectivity index (χ3v) is 3.66. The highest BCUT2D eigenvalue weighted by Gasteiger charge is 2.24. The fourth-order valence-corrected chi connectivity index (χ4v) is 2.53. The molecule has 0 aromatic heterocycles. The summed E-state index contributed by atoms with van der Waals surface area (Å²) < 4.78 is 0. The first-order valence-electron chi connectivity index (χ1n) is 6.92. The van der Waals surface area contributed by atoms with E-state index in [1.165, 1.54) is 0 Å². The molecular formula is C15H18N4O2. The molecule has 0 saturated carbocycles. The third-order valence-electron chi connectivity index (χ3n) is 3.66. The van der Waals surface area contributed by atoms with Crippen LogP contribution in [0.3, 0.4) is 0 Å². The van der Waals surface area contributed by atoms with Crippen LogP contribution in [0.2, 0.25) is 0 Å². The minimum Gasteiger partial charge on any atom is -0.370 e. The maximum Gasteiger partial charge on any atom is 0.238 e. The number of benzene rings is 1. The molecule has 110 valence electrons. The number of nitrogens with two attached hydrogens (primary N) is 1. The van der Waals surface area contributed by atoms with E-state index in [2.05, 4.69) is 10.2 Å². The van der Waals surface area contributed by atoms with Gasteiger partial charge in [-0.1, -0.05) is 12.1 Å². The van der Waals surface area contributed by atoms with Gasteiger partial charge in [0.15, 0.2) is 0 Å². The highest BCUT2D eigenvalue weighted by Crippen LogP contribution is 2.29. The summed E-state index contributed by atoms with van der Waals surface area (Å²) in [6.45, 7) is 1.44. The van der Waals surface area contributed by atoms with Crippen LogP contribution in [0.1, 0.15) is 19.3 Å². The van der Waals surface area contributed by atoms with Crippen LogP contribution >= 0.6 is 0 Å². The van der Waals surface area contributed by atoms with E-state index in [1.807, 2.05) is 30.3 Å². The average Bonchev–Trinajstić information content (AvgIpc) is 2.48. The Labute approximate surface area is 123 Å². The average molecular weight is 286 g/mol. The van der Waals surface area contributed by atoms with Crippen LogP contribution in [0.15, 0.2) is 24.3 Å². The second-order valence-corrected chi connectivity index (χ2v) is 5.06. The number of amides is 2. The lowest BCUT2D eigenvalue weighted by molar-refractivity contribution is -0.122. The molecule has 1 fully saturated rings. The monoisotopic (exact) mass is 286 g/mol. The van der Waals surface area contributed by atoms with Crippen molar-refractivity contribution in [1.82, 2.24) is 0 Å². The Bertz CT molecular complexity index is 571. The lowest BCUT2D eigenvalue weighted by Crippen LogP contribution is -2.38. The van der Waals surface area contributed by atoms with Gasteiger partial charge in [-0.15, -0.1) is 0 Å². The van der Waals surface area contributed by atoms with Crippen LogP contribution in [-0.4, -0.2) is 24.9 Å². The minimum atomic E-state index is -0.322. The molecule has 0 atom stereocenters. The number of nitrogens with one attached hydrogen (secondary N) is 1. The first-order valence-corrected chi connectivity index (χ1v) is 6.92. The van der Waals surface area contributed by atoms with Crippen molar-refractivity contribution in [3.63, 3.8) is 0 Å². The Morgan fingerprint density at radius 2 is 2.00 bits per heavy atom. The highest BCUT2D eigenvalue weighted by atomic mass is 16.2. The van der Waals surface area contributed by atoms with Crippen LogP contribution in [0.25, 0.3) is 0 Å². The standard InChI is InChI=1S/C15H18N4O2/c16-8-5-14(20)18-12-3-1-2-4-13(12)19-9-6-11(7-10-19)15(17)21/h1-4,11H,5-7,9-10H2,(H2,17,21)(H,18,20). The van der Waals surface area contributed by atoms with Crippen molar-refractivity contribution < 1.29 is 9.59 Å². The van der Waals surface area contributed by atoms with E-state index in [0.717, 1.165) is 31.6 Å². The molecule has 1 aliphatic heterocycles. The number of piperidine rings is 1. The maximum atomic E-state index is 11.6. The molecule has 6 heteroatoms. The van der Waals surface area contributed by atoms with E-state index in [9.17, 15) is 9.59 Å². The zero-order chi connectivity index (χ0) is 15.2. The van der Waals surface area contributed by atoms with E-state index < -0.39 is 0 Å². The molecule has 3 N–H and O–H groups in total. The Balaban J connectivity index is 2.09. The zero-order valence-electron chi connectivity index (χ0n) is 11.7. The number of hydrogen-bond acceptors (Lipinski definition) is 4. The lowest BCUT2D eigenvalue weighted by atomic mass is 9.96. The molecule has 0 spiro atoms. The van der Waals surface area contributed by atoms with Gasteiger partial charge in [0.2, 0.25) is 11.8 Å². The summed E-state index contributed by atoms with van der Waals surface area (Å²) in [5, 5.41) is 11.3. The predicted molar refractivity (Wildman–Crippen MR) is 79.4 cm³/mol. The van der Waals surface area contributed by atoms with Crippen LogP contribution < -0.4 is 16.0 Å². The molecule has 21 heavy (non-hydrogen) atoms. The molecule has 1 aliphatic rings. The summed E-state index contributed by atoms with van der Waals surface area (Å²) in [6.07, 6.45) is 1.27. The van der Waals surface area contributed by atoms with Gasteiger partial charge in [-0.3, -0.25) is 9.59 Å². The van der Waals surface area contributed by atoms with E-state index >= 15 is 0 Å². The molecule has 0 radical (unpaired) electrons. The smallest absolute Gasteiger partial charge is 0.238 e. The summed E-state index contributed by atoms with van der Waals surface area (Å²) >= 11 is 0. The number of hydrogen-bond donors (Lipinski definition) is 2. The van der Waals surface area contributed by atoms with Gasteiger partial charge in [0.1, 0.15) is 6.42 Å². The summed E-state index contributed by atoms with van der Waals surface area (Å²) in [4.78, 5) is 24.9. The largest absolute Gasteiger partial charge is 0.370 e. The number of nitriles is 1. The Morgan fingerprint density at radius 1 is 1.33 bits per heavy atom. The number of rotatable bonds is 4. The minimum absolute atomic E-state index is 0.0680. The third kappa shape index (κ3) is 3.72. The van der Waals surface area contributed by atoms with Gasteiger partial charge in [0.25, 0.3) is 0 Å². The Kier molecular flexibility index (Phi) is 4.77. The van der Waals surface area contributed by atoms with E-state index in [0.29, 0.717) is 5.69 Å². The molecule has 1 heterocycles. The SMILES string of the molecule is N#CCC(=O)Nc1ccccc1N1CCC(C(N)=O)CC1. The van der Waals surface area contributed by atoms with Crippen LogP contribution in [0.4, 0.5) is 11.4 Å². The van der Waals surface area contributed by atoms with Crippen molar-refractivity contribution >= 4 is 23.2 Å². The first-order chi connectivity index (χ1) is 10.1. The fraction of sp³-hybridized carbons (Fsp3) is 0.400. The van der Waals surface area contributed by atoms with Crippen molar-refractivity contribution in [3.8, 4) is 6.07 Å². The van der Waals surface area contributed by atoms with Gasteiger partial charge < -0.3 is 16.0 Å². The second kappa shape index (κ2) is 6.75. The molecule has 2 amide bonds. The van der Waals surface area contributed by atoms with Crippen molar-refractivity contribution in [2.45, 2.75) is 19.3 Å². The fourth-order valence-electron chi connectivity index (χ4n) is 2.53. The lowest BCUT2D eigenvalue weighted by Gasteiger charge is -2.33. The van der Waals surface area contributed by atoms with Crippen LogP contribution in [0, 0.1) is 17.2 Å². The first kappa shape index (κ1) is 14.9. The van der Waals surface area contributed by atoms with Gasteiger partial charge in [0, 0.05) is 19.0 Å². The van der Waals surface area contributed by atoms with E-state index in [1.54, 1.807) is 0 Å². The number of primary amides is 1. The number of para-hydroxylation sites is 2. The van der Waals surface area contributed by atoms with Gasteiger partial charge in [-0.05, 0) is 25.0 Å². The Hall–Kier alpha value is -2.55. The van der Waals surface area contributed by atoms with Crippen molar-refractivity contribution in [1.29, 1.82) is 5.26 Å². The summed E-state index contributed by atoms with van der Waals surface area (Å²) in [5.74, 6) is -0.635. The molecular weight excluding hydrogens is 268 g/mol. The number of nitrogens with zero attached hydrogens (tertiary/aromatic N) is 2. The summed E-state index contributed by atoms with van der Waals surface area (Å²) in [6, 6.07) is 9.29.